The molecule has 2 heterocycles. The van der Waals surface area contributed by atoms with E-state index in [0.717, 1.165) is 35.5 Å². The molecule has 0 spiro atoms. The number of thioether (sulfide) groups is 1. The molecule has 2 aromatic rings. The van der Waals surface area contributed by atoms with Crippen LogP contribution in [-0.2, 0) is 19.6 Å². The van der Waals surface area contributed by atoms with E-state index in [-0.39, 0.29) is 17.9 Å². The standard InChI is InChI=1S/C25H33N3O4S2/c1-5-6-10-20-17-28(19-11-8-7-9-12-19)22-13-23(33-4)21(14-24(22)34(30,31)26(20)2)27-15-18(16-27)25(29)32-3/h7-9,11-14,18,20H,5-6,10,15-17H2,1-4H3. The van der Waals surface area contributed by atoms with Crippen LogP contribution in [0.5, 0.6) is 0 Å². The number of benzene rings is 2. The zero-order valence-electron chi connectivity index (χ0n) is 20.2. The lowest BCUT2D eigenvalue weighted by Gasteiger charge is -2.40. The maximum Gasteiger partial charge on any atom is 0.312 e. The van der Waals surface area contributed by atoms with Crippen molar-refractivity contribution in [2.45, 2.75) is 42.0 Å². The molecule has 1 unspecified atom stereocenters. The summed E-state index contributed by atoms with van der Waals surface area (Å²) in [5.74, 6) is -0.407. The van der Waals surface area contributed by atoms with Crippen molar-refractivity contribution in [3.63, 3.8) is 0 Å². The molecule has 1 fully saturated rings. The van der Waals surface area contributed by atoms with Gasteiger partial charge in [0.05, 0.1) is 24.4 Å². The number of hydrogen-bond donors (Lipinski definition) is 0. The summed E-state index contributed by atoms with van der Waals surface area (Å²) >= 11 is 1.59. The Kier molecular flexibility index (Phi) is 7.45. The average molecular weight is 504 g/mol. The average Bonchev–Trinajstić information content (AvgIpc) is 2.90. The van der Waals surface area contributed by atoms with E-state index in [2.05, 4.69) is 16.7 Å². The van der Waals surface area contributed by atoms with Gasteiger partial charge in [-0.15, -0.1) is 11.8 Å². The predicted octanol–water partition coefficient (Wildman–Crippen LogP) is 4.35. The topological polar surface area (TPSA) is 70.2 Å². The zero-order chi connectivity index (χ0) is 24.5. The molecule has 1 atom stereocenters. The van der Waals surface area contributed by atoms with Crippen molar-refractivity contribution >= 4 is 44.8 Å². The van der Waals surface area contributed by atoms with Crippen LogP contribution in [0.1, 0.15) is 26.2 Å². The molecule has 0 N–H and O–H groups in total. The van der Waals surface area contributed by atoms with Gasteiger partial charge < -0.3 is 14.5 Å². The van der Waals surface area contributed by atoms with Crippen LogP contribution in [0.15, 0.2) is 52.3 Å². The van der Waals surface area contributed by atoms with Crippen LogP contribution in [0.2, 0.25) is 0 Å². The minimum atomic E-state index is -3.71. The predicted molar refractivity (Wildman–Crippen MR) is 138 cm³/mol. The molecule has 0 aromatic heterocycles. The lowest BCUT2D eigenvalue weighted by molar-refractivity contribution is -0.146. The van der Waals surface area contributed by atoms with Gasteiger partial charge in [-0.3, -0.25) is 4.79 Å². The van der Waals surface area contributed by atoms with E-state index in [4.69, 9.17) is 4.74 Å². The van der Waals surface area contributed by atoms with Gasteiger partial charge in [-0.25, -0.2) is 8.42 Å². The number of esters is 1. The Balaban J connectivity index is 1.83. The fourth-order valence-corrected chi connectivity index (χ4v) is 6.89. The van der Waals surface area contributed by atoms with Crippen molar-refractivity contribution in [3.05, 3.63) is 42.5 Å². The third-order valence-electron chi connectivity index (χ3n) is 6.83. The number of carbonyl (C=O) groups is 1. The molecule has 0 bridgehead atoms. The van der Waals surface area contributed by atoms with E-state index in [1.807, 2.05) is 42.7 Å². The first-order chi connectivity index (χ1) is 16.3. The van der Waals surface area contributed by atoms with E-state index in [9.17, 15) is 13.2 Å². The van der Waals surface area contributed by atoms with Crippen molar-refractivity contribution in [2.24, 2.45) is 5.92 Å². The summed E-state index contributed by atoms with van der Waals surface area (Å²) in [6, 6.07) is 13.7. The van der Waals surface area contributed by atoms with Crippen LogP contribution in [0, 0.1) is 5.92 Å². The fourth-order valence-electron chi connectivity index (χ4n) is 4.70. The molecule has 2 aromatic carbocycles. The second-order valence-corrected chi connectivity index (χ2v) is 11.7. The largest absolute Gasteiger partial charge is 0.469 e. The first-order valence-electron chi connectivity index (χ1n) is 11.7. The minimum absolute atomic E-state index is 0.133. The zero-order valence-corrected chi connectivity index (χ0v) is 21.9. The van der Waals surface area contributed by atoms with Gasteiger partial charge >= 0.3 is 5.97 Å². The van der Waals surface area contributed by atoms with Gasteiger partial charge in [-0.2, -0.15) is 4.31 Å². The van der Waals surface area contributed by atoms with Crippen LogP contribution in [0.25, 0.3) is 0 Å². The number of carbonyl (C=O) groups excluding carboxylic acids is 1. The van der Waals surface area contributed by atoms with Crippen molar-refractivity contribution in [2.75, 3.05) is 49.8 Å². The molecular formula is C25H33N3O4S2. The van der Waals surface area contributed by atoms with Crippen LogP contribution in [0.3, 0.4) is 0 Å². The minimum Gasteiger partial charge on any atom is -0.469 e. The summed E-state index contributed by atoms with van der Waals surface area (Å²) in [7, 11) is -0.613. The Morgan fingerprint density at radius 2 is 1.82 bits per heavy atom. The summed E-state index contributed by atoms with van der Waals surface area (Å²) < 4.78 is 34.2. The number of anilines is 3. The molecule has 2 aliphatic rings. The normalized spacial score (nSPS) is 20.4. The second-order valence-electron chi connectivity index (χ2n) is 8.88. The molecule has 2 aliphatic heterocycles. The number of hydrogen-bond acceptors (Lipinski definition) is 7. The highest BCUT2D eigenvalue weighted by atomic mass is 32.2. The molecule has 4 rings (SSSR count). The number of likely N-dealkylation sites (N-methyl/N-ethyl adjacent to an activating group) is 1. The Labute approximate surface area is 207 Å². The molecule has 1 saturated heterocycles. The second kappa shape index (κ2) is 10.2. The summed E-state index contributed by atoms with van der Waals surface area (Å²) in [5, 5.41) is 0. The SMILES string of the molecule is CCCCC1CN(c2ccccc2)c2cc(SC)c(N3CC(C(=O)OC)C3)cc2S(=O)(=O)N1C. The van der Waals surface area contributed by atoms with E-state index < -0.39 is 10.0 Å². The Hall–Kier alpha value is -2.23. The number of unbranched alkanes of at least 4 members (excludes halogenated alkanes) is 1. The summed E-state index contributed by atoms with van der Waals surface area (Å²) in [6.07, 6.45) is 4.78. The molecular weight excluding hydrogens is 470 g/mol. The van der Waals surface area contributed by atoms with Crippen molar-refractivity contribution in [3.8, 4) is 0 Å². The highest BCUT2D eigenvalue weighted by Gasteiger charge is 2.40. The molecule has 0 radical (unpaired) electrons. The van der Waals surface area contributed by atoms with Gasteiger partial charge in [0, 0.05) is 43.3 Å². The number of methoxy groups -OCH3 is 1. The lowest BCUT2D eigenvalue weighted by atomic mass is 9.99. The molecule has 0 amide bonds. The molecule has 34 heavy (non-hydrogen) atoms. The van der Waals surface area contributed by atoms with Gasteiger partial charge in [0.2, 0.25) is 10.0 Å². The van der Waals surface area contributed by atoms with Crippen LogP contribution >= 0.6 is 11.8 Å². The molecule has 9 heteroatoms. The number of fused-ring (bicyclic) bond motifs is 1. The molecule has 0 saturated carbocycles. The van der Waals surface area contributed by atoms with Crippen LogP contribution < -0.4 is 9.80 Å². The smallest absolute Gasteiger partial charge is 0.312 e. The van der Waals surface area contributed by atoms with Gasteiger partial charge in [0.15, 0.2) is 0 Å². The summed E-state index contributed by atoms with van der Waals surface area (Å²) in [6.45, 7) is 3.77. The van der Waals surface area contributed by atoms with Gasteiger partial charge in [-0.1, -0.05) is 38.0 Å². The van der Waals surface area contributed by atoms with Crippen molar-refractivity contribution in [1.29, 1.82) is 0 Å². The third-order valence-corrected chi connectivity index (χ3v) is 9.54. The Morgan fingerprint density at radius 3 is 2.44 bits per heavy atom. The van der Waals surface area contributed by atoms with Crippen molar-refractivity contribution < 1.29 is 17.9 Å². The molecule has 184 valence electrons. The van der Waals surface area contributed by atoms with Crippen LogP contribution in [0.4, 0.5) is 17.1 Å². The summed E-state index contributed by atoms with van der Waals surface area (Å²) in [4.78, 5) is 17.4. The van der Waals surface area contributed by atoms with E-state index in [1.165, 1.54) is 7.11 Å². The third kappa shape index (κ3) is 4.53. The number of ether oxygens (including phenoxy) is 1. The van der Waals surface area contributed by atoms with Gasteiger partial charge in [0.1, 0.15) is 4.90 Å². The Bertz CT molecular complexity index is 1130. The van der Waals surface area contributed by atoms with E-state index in [1.54, 1.807) is 29.2 Å². The first-order valence-corrected chi connectivity index (χ1v) is 14.3. The number of sulfonamides is 1. The van der Waals surface area contributed by atoms with Crippen molar-refractivity contribution in [1.82, 2.24) is 4.31 Å². The van der Waals surface area contributed by atoms with Gasteiger partial charge in [-0.05, 0) is 36.9 Å². The number of rotatable bonds is 7. The first kappa shape index (κ1) is 24.9. The van der Waals surface area contributed by atoms with E-state index in [0.29, 0.717) is 30.2 Å². The summed E-state index contributed by atoms with van der Waals surface area (Å²) in [5.41, 5.74) is 2.53. The highest BCUT2D eigenvalue weighted by molar-refractivity contribution is 7.98. The fraction of sp³-hybridized carbons (Fsp3) is 0.480. The monoisotopic (exact) mass is 503 g/mol. The maximum absolute atomic E-state index is 13.9. The van der Waals surface area contributed by atoms with Gasteiger partial charge in [0.25, 0.3) is 0 Å². The van der Waals surface area contributed by atoms with Crippen LogP contribution in [-0.4, -0.2) is 64.8 Å². The highest BCUT2D eigenvalue weighted by Crippen LogP contribution is 2.44. The number of para-hydroxylation sites is 1. The lowest BCUT2D eigenvalue weighted by Crippen LogP contribution is -2.51. The quantitative estimate of drug-likeness (QED) is 0.411. The van der Waals surface area contributed by atoms with E-state index >= 15 is 0 Å². The molecule has 7 nitrogen and oxygen atoms in total. The maximum atomic E-state index is 13.9. The Morgan fingerprint density at radius 1 is 1.12 bits per heavy atom. The molecule has 0 aliphatic carbocycles. The number of nitrogens with zero attached hydrogens (tertiary/aromatic N) is 3.